The van der Waals surface area contributed by atoms with Crippen LogP contribution < -0.4 is 10.2 Å². The molecule has 0 bridgehead atoms. The first-order valence-electron chi connectivity index (χ1n) is 11.0. The van der Waals surface area contributed by atoms with E-state index in [4.69, 9.17) is 14.7 Å². The van der Waals surface area contributed by atoms with Gasteiger partial charge >= 0.3 is 0 Å². The van der Waals surface area contributed by atoms with E-state index in [0.717, 1.165) is 65.0 Å². The van der Waals surface area contributed by atoms with Crippen LogP contribution in [0.25, 0.3) is 10.2 Å². The number of aryl methyl sites for hydroxylation is 4. The van der Waals surface area contributed by atoms with Crippen LogP contribution in [0, 0.1) is 27.7 Å². The van der Waals surface area contributed by atoms with Gasteiger partial charge in [-0.2, -0.15) is 0 Å². The zero-order chi connectivity index (χ0) is 22.8. The largest absolute Gasteiger partial charge is 0.379 e. The number of rotatable bonds is 6. The van der Waals surface area contributed by atoms with Crippen molar-refractivity contribution in [2.24, 2.45) is 0 Å². The number of nitrogens with zero attached hydrogens (tertiary/aromatic N) is 4. The zero-order valence-electron chi connectivity index (χ0n) is 19.5. The van der Waals surface area contributed by atoms with E-state index in [0.29, 0.717) is 6.54 Å². The molecule has 1 aromatic carbocycles. The second-order valence-corrected chi connectivity index (χ2v) is 9.69. The summed E-state index contributed by atoms with van der Waals surface area (Å²) >= 11 is 1.69. The number of likely N-dealkylation sites (N-methyl/N-ethyl adjacent to an activating group) is 1. The van der Waals surface area contributed by atoms with Crippen molar-refractivity contribution >= 4 is 39.0 Å². The predicted molar refractivity (Wildman–Crippen MR) is 131 cm³/mol. The molecule has 0 atom stereocenters. The number of carbonyl (C=O) groups is 1. The van der Waals surface area contributed by atoms with Crippen molar-refractivity contribution in [1.82, 2.24) is 14.9 Å². The fourth-order valence-corrected chi connectivity index (χ4v) is 5.10. The molecule has 0 radical (unpaired) electrons. The van der Waals surface area contributed by atoms with E-state index in [1.807, 2.05) is 44.0 Å². The molecule has 1 aliphatic rings. The molecule has 1 N–H and O–H groups in total. The summed E-state index contributed by atoms with van der Waals surface area (Å²) in [6.45, 7) is 12.4. The molecule has 0 saturated carbocycles. The summed E-state index contributed by atoms with van der Waals surface area (Å²) in [6.07, 6.45) is 0. The Bertz CT molecular complexity index is 1120. The molecule has 7 nitrogen and oxygen atoms in total. The Balaban J connectivity index is 1.60. The molecule has 32 heavy (non-hydrogen) atoms. The van der Waals surface area contributed by atoms with Crippen molar-refractivity contribution < 1.29 is 9.53 Å². The van der Waals surface area contributed by atoms with Gasteiger partial charge in [-0.25, -0.2) is 9.97 Å². The van der Waals surface area contributed by atoms with Crippen molar-refractivity contribution in [3.8, 4) is 0 Å². The molecular weight excluding hydrogens is 422 g/mol. The van der Waals surface area contributed by atoms with Crippen molar-refractivity contribution in [3.63, 3.8) is 0 Å². The SMILES string of the molecule is Cc1cccc(C)c1NC(=O)CN(C)c1nc(CN2CCOCC2)nc2sc(C)c(C)c12. The summed E-state index contributed by atoms with van der Waals surface area (Å²) in [5.74, 6) is 1.55. The van der Waals surface area contributed by atoms with Gasteiger partial charge in [0.25, 0.3) is 0 Å². The lowest BCUT2D eigenvalue weighted by Gasteiger charge is -2.26. The Kier molecular flexibility index (Phi) is 6.74. The Morgan fingerprint density at radius 3 is 2.53 bits per heavy atom. The molecule has 0 unspecified atom stereocenters. The highest BCUT2D eigenvalue weighted by molar-refractivity contribution is 7.18. The minimum absolute atomic E-state index is 0.0593. The van der Waals surface area contributed by atoms with Gasteiger partial charge in [0.2, 0.25) is 5.91 Å². The Morgan fingerprint density at radius 1 is 1.16 bits per heavy atom. The Morgan fingerprint density at radius 2 is 1.84 bits per heavy atom. The van der Waals surface area contributed by atoms with Crippen LogP contribution in [0.15, 0.2) is 18.2 Å². The maximum atomic E-state index is 12.9. The number of fused-ring (bicyclic) bond motifs is 1. The zero-order valence-corrected chi connectivity index (χ0v) is 20.3. The van der Waals surface area contributed by atoms with Gasteiger partial charge in [0.05, 0.1) is 31.7 Å². The van der Waals surface area contributed by atoms with Gasteiger partial charge in [0.15, 0.2) is 0 Å². The van der Waals surface area contributed by atoms with Crippen LogP contribution in [0.3, 0.4) is 0 Å². The smallest absolute Gasteiger partial charge is 0.243 e. The molecular formula is C24H31N5O2S. The number of benzene rings is 1. The van der Waals surface area contributed by atoms with E-state index in [1.165, 1.54) is 10.4 Å². The number of amides is 1. The third kappa shape index (κ3) is 4.77. The van der Waals surface area contributed by atoms with Crippen LogP contribution in [-0.4, -0.2) is 60.7 Å². The highest BCUT2D eigenvalue weighted by atomic mass is 32.1. The lowest BCUT2D eigenvalue weighted by molar-refractivity contribution is -0.114. The number of carbonyl (C=O) groups excluding carboxylic acids is 1. The summed E-state index contributed by atoms with van der Waals surface area (Å²) in [4.78, 5) is 29.2. The van der Waals surface area contributed by atoms with Gasteiger partial charge in [-0.3, -0.25) is 9.69 Å². The maximum Gasteiger partial charge on any atom is 0.243 e. The number of nitrogens with one attached hydrogen (secondary N) is 1. The summed E-state index contributed by atoms with van der Waals surface area (Å²) in [6, 6.07) is 6.02. The first-order chi connectivity index (χ1) is 15.3. The minimum atomic E-state index is -0.0593. The summed E-state index contributed by atoms with van der Waals surface area (Å²) in [5, 5.41) is 4.13. The molecule has 0 spiro atoms. The molecule has 1 amide bonds. The van der Waals surface area contributed by atoms with Crippen LogP contribution in [0.4, 0.5) is 11.5 Å². The molecule has 1 fully saturated rings. The number of ether oxygens (including phenoxy) is 1. The summed E-state index contributed by atoms with van der Waals surface area (Å²) in [5.41, 5.74) is 4.18. The summed E-state index contributed by atoms with van der Waals surface area (Å²) in [7, 11) is 1.93. The van der Waals surface area contributed by atoms with E-state index in [-0.39, 0.29) is 12.5 Å². The van der Waals surface area contributed by atoms with E-state index in [1.54, 1.807) is 11.3 Å². The molecule has 1 saturated heterocycles. The quantitative estimate of drug-likeness (QED) is 0.612. The molecule has 1 aliphatic heterocycles. The Labute approximate surface area is 193 Å². The Hall–Kier alpha value is -2.55. The van der Waals surface area contributed by atoms with Crippen LogP contribution in [-0.2, 0) is 16.1 Å². The average Bonchev–Trinajstić information content (AvgIpc) is 3.04. The van der Waals surface area contributed by atoms with Crippen LogP contribution >= 0.6 is 11.3 Å². The second kappa shape index (κ2) is 9.52. The first-order valence-corrected chi connectivity index (χ1v) is 11.8. The van der Waals surface area contributed by atoms with Gasteiger partial charge in [-0.05, 0) is 44.4 Å². The number of hydrogen-bond donors (Lipinski definition) is 1. The lowest BCUT2D eigenvalue weighted by atomic mass is 10.1. The van der Waals surface area contributed by atoms with Crippen molar-refractivity contribution in [2.45, 2.75) is 34.2 Å². The molecule has 170 valence electrons. The monoisotopic (exact) mass is 453 g/mol. The molecule has 2 aromatic heterocycles. The topological polar surface area (TPSA) is 70.6 Å². The third-order valence-corrected chi connectivity index (χ3v) is 7.11. The van der Waals surface area contributed by atoms with Crippen molar-refractivity contribution in [3.05, 3.63) is 45.6 Å². The number of para-hydroxylation sites is 1. The van der Waals surface area contributed by atoms with E-state index >= 15 is 0 Å². The highest BCUT2D eigenvalue weighted by Crippen LogP contribution is 2.35. The van der Waals surface area contributed by atoms with Crippen molar-refractivity contribution in [2.75, 3.05) is 50.1 Å². The number of aromatic nitrogens is 2. The van der Waals surface area contributed by atoms with Crippen LogP contribution in [0.2, 0.25) is 0 Å². The highest BCUT2D eigenvalue weighted by Gasteiger charge is 2.21. The van der Waals surface area contributed by atoms with Crippen LogP contribution in [0.1, 0.15) is 27.4 Å². The maximum absolute atomic E-state index is 12.9. The predicted octanol–water partition coefficient (Wildman–Crippen LogP) is 3.83. The molecule has 8 heteroatoms. The molecule has 0 aliphatic carbocycles. The van der Waals surface area contributed by atoms with E-state index in [2.05, 4.69) is 24.1 Å². The minimum Gasteiger partial charge on any atom is -0.379 e. The average molecular weight is 454 g/mol. The number of morpholine rings is 1. The molecule has 3 aromatic rings. The molecule has 4 rings (SSSR count). The van der Waals surface area contributed by atoms with E-state index in [9.17, 15) is 4.79 Å². The second-order valence-electron chi connectivity index (χ2n) is 8.49. The van der Waals surface area contributed by atoms with Gasteiger partial charge in [0.1, 0.15) is 16.5 Å². The van der Waals surface area contributed by atoms with Gasteiger partial charge in [0, 0.05) is 30.7 Å². The number of anilines is 2. The number of thiophene rings is 1. The first kappa shape index (κ1) is 22.6. The van der Waals surface area contributed by atoms with Gasteiger partial charge in [-0.1, -0.05) is 18.2 Å². The standard InChI is InChI=1S/C24H31N5O2S/c1-15-7-6-8-16(2)22(15)27-20(30)14-28(5)23-21-17(3)18(4)32-24(21)26-19(25-23)13-29-9-11-31-12-10-29/h6-8H,9-14H2,1-5H3,(H,27,30). The van der Waals surface area contributed by atoms with Crippen molar-refractivity contribution in [1.29, 1.82) is 0 Å². The third-order valence-electron chi connectivity index (χ3n) is 6.01. The molecule has 3 heterocycles. The number of hydrogen-bond acceptors (Lipinski definition) is 7. The fraction of sp³-hybridized carbons (Fsp3) is 0.458. The van der Waals surface area contributed by atoms with Gasteiger partial charge < -0.3 is 15.0 Å². The summed E-state index contributed by atoms with van der Waals surface area (Å²) < 4.78 is 5.46. The normalized spacial score (nSPS) is 14.7. The lowest BCUT2D eigenvalue weighted by Crippen LogP contribution is -2.36. The fourth-order valence-electron chi connectivity index (χ4n) is 4.06. The van der Waals surface area contributed by atoms with E-state index < -0.39 is 0 Å². The van der Waals surface area contributed by atoms with Crippen LogP contribution in [0.5, 0.6) is 0 Å². The van der Waals surface area contributed by atoms with Gasteiger partial charge in [-0.15, -0.1) is 11.3 Å².